The monoisotopic (exact) mass is 305 g/mol. The van der Waals surface area contributed by atoms with Crippen LogP contribution in [0.4, 0.5) is 0 Å². The number of rotatable bonds is 7. The number of nitrogens with one attached hydrogen (secondary N) is 1. The highest BCUT2D eigenvalue weighted by Crippen LogP contribution is 2.29. The van der Waals surface area contributed by atoms with E-state index in [-0.39, 0.29) is 0 Å². The molecule has 0 aromatic heterocycles. The maximum Gasteiger partial charge on any atom is 0.0198 e. The molecule has 1 nitrogen and oxygen atoms in total. The lowest BCUT2D eigenvalue weighted by atomic mass is 9.99. The van der Waals surface area contributed by atoms with Crippen molar-refractivity contribution in [3.8, 4) is 0 Å². The summed E-state index contributed by atoms with van der Waals surface area (Å²) in [5, 5.41) is 4.61. The van der Waals surface area contributed by atoms with E-state index in [1.165, 1.54) is 61.0 Å². The maximum atomic E-state index is 3.70. The first-order valence-electron chi connectivity index (χ1n) is 8.60. The van der Waals surface area contributed by atoms with Gasteiger partial charge in [-0.05, 0) is 50.8 Å². The van der Waals surface area contributed by atoms with Crippen LogP contribution < -0.4 is 5.32 Å². The molecule has 0 saturated heterocycles. The van der Waals surface area contributed by atoms with Gasteiger partial charge in [-0.25, -0.2) is 0 Å². The van der Waals surface area contributed by atoms with Gasteiger partial charge in [0.15, 0.2) is 0 Å². The van der Waals surface area contributed by atoms with Crippen molar-refractivity contribution in [2.75, 3.05) is 12.3 Å². The van der Waals surface area contributed by atoms with Crippen molar-refractivity contribution in [2.24, 2.45) is 0 Å². The number of benzene rings is 1. The topological polar surface area (TPSA) is 12.0 Å². The second-order valence-electron chi connectivity index (χ2n) is 6.48. The molecule has 1 aromatic rings. The SMILES string of the molecule is CCNC(CSC1CCCCC1)Cc1cc(C)ccc1C. The molecule has 1 unspecified atom stereocenters. The van der Waals surface area contributed by atoms with Crippen molar-refractivity contribution in [1.82, 2.24) is 5.32 Å². The number of hydrogen-bond acceptors (Lipinski definition) is 2. The van der Waals surface area contributed by atoms with Crippen LogP contribution in [0.5, 0.6) is 0 Å². The Kier molecular flexibility index (Phi) is 7.12. The summed E-state index contributed by atoms with van der Waals surface area (Å²) in [5.74, 6) is 1.26. The van der Waals surface area contributed by atoms with Crippen LogP contribution in [0, 0.1) is 13.8 Å². The quantitative estimate of drug-likeness (QED) is 0.769. The van der Waals surface area contributed by atoms with E-state index in [9.17, 15) is 0 Å². The van der Waals surface area contributed by atoms with E-state index in [4.69, 9.17) is 0 Å². The van der Waals surface area contributed by atoms with Crippen molar-refractivity contribution >= 4 is 11.8 Å². The van der Waals surface area contributed by atoms with Crippen LogP contribution in [0.25, 0.3) is 0 Å². The van der Waals surface area contributed by atoms with Crippen LogP contribution in [0.15, 0.2) is 18.2 Å². The largest absolute Gasteiger partial charge is 0.313 e. The second kappa shape index (κ2) is 8.85. The van der Waals surface area contributed by atoms with Gasteiger partial charge >= 0.3 is 0 Å². The standard InChI is InChI=1S/C19H31NS/c1-4-20-18(14-21-19-8-6-5-7-9-19)13-17-12-15(2)10-11-16(17)3/h10-12,18-20H,4-9,13-14H2,1-3H3. The van der Waals surface area contributed by atoms with E-state index < -0.39 is 0 Å². The first kappa shape index (κ1) is 16.9. The van der Waals surface area contributed by atoms with Gasteiger partial charge in [0.05, 0.1) is 0 Å². The average Bonchev–Trinajstić information content (AvgIpc) is 2.50. The van der Waals surface area contributed by atoms with Gasteiger partial charge in [0.25, 0.3) is 0 Å². The molecule has 0 amide bonds. The molecule has 2 rings (SSSR count). The summed E-state index contributed by atoms with van der Waals surface area (Å²) in [6.45, 7) is 7.73. The lowest BCUT2D eigenvalue weighted by Gasteiger charge is -2.25. The van der Waals surface area contributed by atoms with E-state index in [1.807, 2.05) is 0 Å². The maximum absolute atomic E-state index is 3.70. The Morgan fingerprint density at radius 1 is 1.19 bits per heavy atom. The molecule has 1 N–H and O–H groups in total. The van der Waals surface area contributed by atoms with Gasteiger partial charge in [0.2, 0.25) is 0 Å². The van der Waals surface area contributed by atoms with Crippen molar-refractivity contribution in [2.45, 2.75) is 70.6 Å². The summed E-state index contributed by atoms with van der Waals surface area (Å²) < 4.78 is 0. The average molecular weight is 306 g/mol. The highest BCUT2D eigenvalue weighted by Gasteiger charge is 2.17. The van der Waals surface area contributed by atoms with Gasteiger partial charge in [-0.2, -0.15) is 11.8 Å². The number of thioether (sulfide) groups is 1. The minimum absolute atomic E-state index is 0.613. The van der Waals surface area contributed by atoms with Crippen LogP contribution in [0.2, 0.25) is 0 Å². The number of aryl methyl sites for hydroxylation is 2. The first-order chi connectivity index (χ1) is 10.2. The predicted molar refractivity (Wildman–Crippen MR) is 96.4 cm³/mol. The molecular formula is C19H31NS. The smallest absolute Gasteiger partial charge is 0.0198 e. The molecule has 1 aromatic carbocycles. The Bertz CT molecular complexity index is 424. The molecule has 2 heteroatoms. The molecule has 0 radical (unpaired) electrons. The highest BCUT2D eigenvalue weighted by atomic mass is 32.2. The fraction of sp³-hybridized carbons (Fsp3) is 0.684. The Morgan fingerprint density at radius 3 is 2.67 bits per heavy atom. The highest BCUT2D eigenvalue weighted by molar-refractivity contribution is 7.99. The molecule has 0 heterocycles. The summed E-state index contributed by atoms with van der Waals surface area (Å²) in [6, 6.07) is 7.47. The molecule has 0 aliphatic heterocycles. The summed E-state index contributed by atoms with van der Waals surface area (Å²) in [4.78, 5) is 0. The Morgan fingerprint density at radius 2 is 1.95 bits per heavy atom. The van der Waals surface area contributed by atoms with E-state index >= 15 is 0 Å². The molecular weight excluding hydrogens is 274 g/mol. The van der Waals surface area contributed by atoms with E-state index in [1.54, 1.807) is 0 Å². The van der Waals surface area contributed by atoms with Gasteiger partial charge in [-0.1, -0.05) is 49.9 Å². The zero-order valence-electron chi connectivity index (χ0n) is 14.0. The third-order valence-electron chi connectivity index (χ3n) is 4.55. The minimum atomic E-state index is 0.613. The van der Waals surface area contributed by atoms with Crippen molar-refractivity contribution < 1.29 is 0 Å². The van der Waals surface area contributed by atoms with Gasteiger partial charge in [-0.3, -0.25) is 0 Å². The molecule has 1 fully saturated rings. The molecule has 0 bridgehead atoms. The molecule has 1 saturated carbocycles. The third-order valence-corrected chi connectivity index (χ3v) is 6.09. The van der Waals surface area contributed by atoms with Gasteiger partial charge in [0, 0.05) is 17.0 Å². The first-order valence-corrected chi connectivity index (χ1v) is 9.65. The molecule has 0 spiro atoms. The third kappa shape index (κ3) is 5.67. The normalized spacial score (nSPS) is 17.9. The summed E-state index contributed by atoms with van der Waals surface area (Å²) in [5.41, 5.74) is 4.34. The fourth-order valence-corrected chi connectivity index (χ4v) is 4.66. The van der Waals surface area contributed by atoms with Gasteiger partial charge in [0.1, 0.15) is 0 Å². The van der Waals surface area contributed by atoms with Crippen LogP contribution in [0.1, 0.15) is 55.7 Å². The zero-order valence-corrected chi connectivity index (χ0v) is 14.8. The van der Waals surface area contributed by atoms with Crippen LogP contribution in [0.3, 0.4) is 0 Å². The Labute approximate surface area is 135 Å². The summed E-state index contributed by atoms with van der Waals surface area (Å²) in [6.07, 6.45) is 8.39. The summed E-state index contributed by atoms with van der Waals surface area (Å²) >= 11 is 2.21. The summed E-state index contributed by atoms with van der Waals surface area (Å²) in [7, 11) is 0. The van der Waals surface area contributed by atoms with E-state index in [2.05, 4.69) is 56.0 Å². The fourth-order valence-electron chi connectivity index (χ4n) is 3.25. The minimum Gasteiger partial charge on any atom is -0.313 e. The van der Waals surface area contributed by atoms with Crippen molar-refractivity contribution in [1.29, 1.82) is 0 Å². The molecule has 1 aliphatic rings. The van der Waals surface area contributed by atoms with E-state index in [0.717, 1.165) is 11.8 Å². The Hall–Kier alpha value is -0.470. The van der Waals surface area contributed by atoms with Crippen molar-refractivity contribution in [3.05, 3.63) is 34.9 Å². The van der Waals surface area contributed by atoms with Gasteiger partial charge < -0.3 is 5.32 Å². The lowest BCUT2D eigenvalue weighted by Crippen LogP contribution is -2.34. The van der Waals surface area contributed by atoms with Gasteiger partial charge in [-0.15, -0.1) is 0 Å². The molecule has 118 valence electrons. The molecule has 21 heavy (non-hydrogen) atoms. The van der Waals surface area contributed by atoms with Crippen LogP contribution in [-0.2, 0) is 6.42 Å². The van der Waals surface area contributed by atoms with E-state index in [0.29, 0.717) is 6.04 Å². The van der Waals surface area contributed by atoms with Crippen molar-refractivity contribution in [3.63, 3.8) is 0 Å². The number of likely N-dealkylation sites (N-methyl/N-ethyl adjacent to an activating group) is 1. The van der Waals surface area contributed by atoms with Crippen LogP contribution in [-0.4, -0.2) is 23.6 Å². The molecule has 1 atom stereocenters. The zero-order chi connectivity index (χ0) is 15.1. The predicted octanol–water partition coefficient (Wildman–Crippen LogP) is 4.89. The molecule has 1 aliphatic carbocycles. The number of hydrogen-bond donors (Lipinski definition) is 1. The Balaban J connectivity index is 1.89. The van der Waals surface area contributed by atoms with Crippen LogP contribution >= 0.6 is 11.8 Å². The second-order valence-corrected chi connectivity index (χ2v) is 7.82. The lowest BCUT2D eigenvalue weighted by molar-refractivity contribution is 0.513.